The minimum absolute atomic E-state index is 0.0514. The molecule has 0 unspecified atom stereocenters. The highest BCUT2D eigenvalue weighted by molar-refractivity contribution is 9.10. The van der Waals surface area contributed by atoms with Gasteiger partial charge in [-0.1, -0.05) is 17.7 Å². The molecule has 2 aromatic rings. The molecule has 2 aromatic carbocycles. The molecule has 0 fully saturated rings. The molecule has 2 rings (SSSR count). The average Bonchev–Trinajstić information content (AvgIpc) is 2.50. The van der Waals surface area contributed by atoms with Crippen LogP contribution in [0.15, 0.2) is 40.9 Å². The van der Waals surface area contributed by atoms with Crippen LogP contribution >= 0.6 is 27.5 Å². The van der Waals surface area contributed by atoms with Crippen molar-refractivity contribution in [2.24, 2.45) is 0 Å². The Bertz CT molecular complexity index is 757. The smallest absolute Gasteiger partial charge is 0.321 e. The molecule has 8 heteroatoms. The van der Waals surface area contributed by atoms with Crippen LogP contribution in [0.25, 0.3) is 0 Å². The number of hydrazine groups is 1. The van der Waals surface area contributed by atoms with Gasteiger partial charge < -0.3 is 5.43 Å². The summed E-state index contributed by atoms with van der Waals surface area (Å²) in [6.07, 6.45) is -4.56. The van der Waals surface area contributed by atoms with Crippen LogP contribution in [-0.2, 0) is 12.7 Å². The summed E-state index contributed by atoms with van der Waals surface area (Å²) >= 11 is 9.15. The van der Waals surface area contributed by atoms with Crippen molar-refractivity contribution in [2.75, 3.05) is 5.43 Å². The molecule has 0 aromatic heterocycles. The van der Waals surface area contributed by atoms with E-state index in [2.05, 4.69) is 26.8 Å². The largest absolute Gasteiger partial charge is 0.418 e. The summed E-state index contributed by atoms with van der Waals surface area (Å²) < 4.78 is 39.7. The molecular weight excluding hydrogens is 395 g/mol. The monoisotopic (exact) mass is 403 g/mol. The third-order valence-corrected chi connectivity index (χ3v) is 4.17. The summed E-state index contributed by atoms with van der Waals surface area (Å²) in [7, 11) is 0. The van der Waals surface area contributed by atoms with Crippen LogP contribution in [0.3, 0.4) is 0 Å². The lowest BCUT2D eigenvalue weighted by atomic mass is 10.1. The minimum Gasteiger partial charge on any atom is -0.321 e. The summed E-state index contributed by atoms with van der Waals surface area (Å²) in [6.45, 7) is 0.285. The zero-order valence-corrected chi connectivity index (χ0v) is 13.9. The standard InChI is InChI=1S/C15H10BrClF3N3/c16-12-6-10(1-3-13(12)17)8-22-23-14-4-2-9(7-21)5-11(14)15(18,19)20/h1-6,22-23H,8H2. The van der Waals surface area contributed by atoms with E-state index >= 15 is 0 Å². The van der Waals surface area contributed by atoms with Gasteiger partial charge in [0.25, 0.3) is 0 Å². The molecule has 0 aliphatic heterocycles. The molecule has 0 aliphatic carbocycles. The predicted octanol–water partition coefficient (Wildman–Crippen LogP) is 5.11. The zero-order valence-electron chi connectivity index (χ0n) is 11.5. The van der Waals surface area contributed by atoms with Gasteiger partial charge in [0.1, 0.15) is 0 Å². The van der Waals surface area contributed by atoms with E-state index in [9.17, 15) is 13.2 Å². The number of alkyl halides is 3. The fourth-order valence-corrected chi connectivity index (χ4v) is 2.39. The SMILES string of the molecule is N#Cc1ccc(NNCc2ccc(Cl)c(Br)c2)c(C(F)(F)F)c1. The summed E-state index contributed by atoms with van der Waals surface area (Å²) in [4.78, 5) is 0. The lowest BCUT2D eigenvalue weighted by Crippen LogP contribution is -2.23. The van der Waals surface area contributed by atoms with Crippen molar-refractivity contribution in [1.29, 1.82) is 5.26 Å². The molecule has 0 amide bonds. The van der Waals surface area contributed by atoms with Crippen molar-refractivity contribution < 1.29 is 13.2 Å². The third-order valence-electron chi connectivity index (χ3n) is 2.95. The quantitative estimate of drug-likeness (QED) is 0.696. The molecule has 3 nitrogen and oxygen atoms in total. The number of hydrogen-bond donors (Lipinski definition) is 2. The Hall–Kier alpha value is -1.75. The first kappa shape index (κ1) is 17.6. The van der Waals surface area contributed by atoms with E-state index in [-0.39, 0.29) is 17.8 Å². The van der Waals surface area contributed by atoms with Crippen molar-refractivity contribution in [2.45, 2.75) is 12.7 Å². The second kappa shape index (κ2) is 7.21. The maximum Gasteiger partial charge on any atom is 0.418 e. The van der Waals surface area contributed by atoms with Crippen molar-refractivity contribution in [3.63, 3.8) is 0 Å². The third kappa shape index (κ3) is 4.61. The molecule has 0 atom stereocenters. The van der Waals surface area contributed by atoms with E-state index in [0.717, 1.165) is 11.6 Å². The van der Waals surface area contributed by atoms with Gasteiger partial charge in [-0.3, -0.25) is 0 Å². The van der Waals surface area contributed by atoms with Gasteiger partial charge in [0.05, 0.1) is 27.9 Å². The van der Waals surface area contributed by atoms with Gasteiger partial charge in [0, 0.05) is 11.0 Å². The highest BCUT2D eigenvalue weighted by atomic mass is 79.9. The maximum absolute atomic E-state index is 13.0. The average molecular weight is 405 g/mol. The molecule has 0 saturated carbocycles. The summed E-state index contributed by atoms with van der Waals surface area (Å²) in [5, 5.41) is 9.27. The van der Waals surface area contributed by atoms with Crippen LogP contribution in [0.2, 0.25) is 5.02 Å². The van der Waals surface area contributed by atoms with Crippen LogP contribution in [-0.4, -0.2) is 0 Å². The molecule has 0 heterocycles. The summed E-state index contributed by atoms with van der Waals surface area (Å²) in [5.41, 5.74) is 4.97. The molecule has 2 N–H and O–H groups in total. The van der Waals surface area contributed by atoms with Gasteiger partial charge in [0.15, 0.2) is 0 Å². The Morgan fingerprint density at radius 3 is 2.52 bits per heavy atom. The molecule has 0 radical (unpaired) electrons. The highest BCUT2D eigenvalue weighted by Crippen LogP contribution is 2.35. The van der Waals surface area contributed by atoms with Crippen LogP contribution in [0.5, 0.6) is 0 Å². The number of rotatable bonds is 4. The second-order valence-corrected chi connectivity index (χ2v) is 5.86. The van der Waals surface area contributed by atoms with Gasteiger partial charge in [-0.15, -0.1) is 0 Å². The topological polar surface area (TPSA) is 47.9 Å². The Morgan fingerprint density at radius 1 is 1.17 bits per heavy atom. The zero-order chi connectivity index (χ0) is 17.0. The number of halogens is 5. The maximum atomic E-state index is 13.0. The lowest BCUT2D eigenvalue weighted by molar-refractivity contribution is -0.137. The van der Waals surface area contributed by atoms with E-state index in [1.807, 2.05) is 0 Å². The summed E-state index contributed by atoms with van der Waals surface area (Å²) in [5.74, 6) is 0. The van der Waals surface area contributed by atoms with Crippen molar-refractivity contribution in [3.05, 3.63) is 62.6 Å². The molecule has 120 valence electrons. The number of benzene rings is 2. The Balaban J connectivity index is 2.11. The number of nitriles is 1. The van der Waals surface area contributed by atoms with Crippen molar-refractivity contribution >= 4 is 33.2 Å². The first-order valence-electron chi connectivity index (χ1n) is 6.35. The normalized spacial score (nSPS) is 11.1. The first-order valence-corrected chi connectivity index (χ1v) is 7.52. The highest BCUT2D eigenvalue weighted by Gasteiger charge is 2.33. The van der Waals surface area contributed by atoms with E-state index in [1.165, 1.54) is 12.1 Å². The molecule has 0 saturated heterocycles. The van der Waals surface area contributed by atoms with Gasteiger partial charge >= 0.3 is 6.18 Å². The van der Waals surface area contributed by atoms with Gasteiger partial charge in [-0.2, -0.15) is 18.4 Å². The Labute approximate surface area is 144 Å². The lowest BCUT2D eigenvalue weighted by Gasteiger charge is -2.15. The van der Waals surface area contributed by atoms with Crippen molar-refractivity contribution in [3.8, 4) is 6.07 Å². The number of anilines is 1. The Kier molecular flexibility index (Phi) is 5.52. The molecule has 0 spiro atoms. The fraction of sp³-hybridized carbons (Fsp3) is 0.133. The van der Waals surface area contributed by atoms with Gasteiger partial charge in [0.2, 0.25) is 0 Å². The van der Waals surface area contributed by atoms with Gasteiger partial charge in [-0.05, 0) is 51.8 Å². The van der Waals surface area contributed by atoms with Crippen LogP contribution < -0.4 is 10.9 Å². The molecule has 0 aliphatic rings. The van der Waals surface area contributed by atoms with Gasteiger partial charge in [-0.25, -0.2) is 5.43 Å². The van der Waals surface area contributed by atoms with Crippen LogP contribution in [0.4, 0.5) is 18.9 Å². The molecular formula is C15H10BrClF3N3. The first-order chi connectivity index (χ1) is 10.8. The predicted molar refractivity (Wildman–Crippen MR) is 85.8 cm³/mol. The Morgan fingerprint density at radius 2 is 1.91 bits per heavy atom. The van der Waals surface area contributed by atoms with E-state index in [4.69, 9.17) is 16.9 Å². The number of hydrogen-bond acceptors (Lipinski definition) is 3. The van der Waals surface area contributed by atoms with E-state index < -0.39 is 11.7 Å². The van der Waals surface area contributed by atoms with E-state index in [1.54, 1.807) is 24.3 Å². The minimum atomic E-state index is -4.56. The number of nitrogens with one attached hydrogen (secondary N) is 2. The summed E-state index contributed by atoms with van der Waals surface area (Å²) in [6, 6.07) is 10.2. The van der Waals surface area contributed by atoms with Crippen LogP contribution in [0, 0.1) is 11.3 Å². The second-order valence-electron chi connectivity index (χ2n) is 4.60. The van der Waals surface area contributed by atoms with E-state index in [0.29, 0.717) is 9.50 Å². The van der Waals surface area contributed by atoms with Crippen molar-refractivity contribution in [1.82, 2.24) is 5.43 Å². The number of nitrogens with zero attached hydrogens (tertiary/aromatic N) is 1. The van der Waals surface area contributed by atoms with Crippen LogP contribution in [0.1, 0.15) is 16.7 Å². The fourth-order valence-electron chi connectivity index (χ4n) is 1.85. The molecule has 0 bridgehead atoms. The molecule has 23 heavy (non-hydrogen) atoms.